The Morgan fingerprint density at radius 1 is 1.08 bits per heavy atom. The van der Waals surface area contributed by atoms with Gasteiger partial charge in [-0.2, -0.15) is 5.10 Å². The van der Waals surface area contributed by atoms with Crippen LogP contribution in [0.15, 0.2) is 54.6 Å². The van der Waals surface area contributed by atoms with Gasteiger partial charge in [0.25, 0.3) is 0 Å². The molecule has 1 unspecified atom stereocenters. The lowest BCUT2D eigenvalue weighted by molar-refractivity contribution is 0.0892. The molecule has 0 N–H and O–H groups in total. The number of ether oxygens (including phenoxy) is 1. The highest BCUT2D eigenvalue weighted by Gasteiger charge is 2.27. The summed E-state index contributed by atoms with van der Waals surface area (Å²) in [6, 6.07) is 19.6. The predicted molar refractivity (Wildman–Crippen MR) is 106 cm³/mol. The molecule has 0 saturated carbocycles. The molecule has 0 bridgehead atoms. The molecule has 0 aliphatic heterocycles. The molecule has 3 heteroatoms. The van der Waals surface area contributed by atoms with Crippen molar-refractivity contribution in [2.75, 3.05) is 7.11 Å². The zero-order valence-corrected chi connectivity index (χ0v) is 15.2. The van der Waals surface area contributed by atoms with Gasteiger partial charge in [0, 0.05) is 23.6 Å². The number of aryl methyl sites for hydroxylation is 2. The minimum Gasteiger partial charge on any atom is -0.377 e. The van der Waals surface area contributed by atoms with Crippen molar-refractivity contribution in [1.29, 1.82) is 0 Å². The molecule has 2 heterocycles. The van der Waals surface area contributed by atoms with Gasteiger partial charge in [-0.1, -0.05) is 54.1 Å². The minimum atomic E-state index is 0.132. The summed E-state index contributed by atoms with van der Waals surface area (Å²) < 4.78 is 7.99. The second-order valence-electron chi connectivity index (χ2n) is 7.22. The normalized spacial score (nSPS) is 16.9. The Labute approximate surface area is 153 Å². The van der Waals surface area contributed by atoms with Crippen molar-refractivity contribution in [2.45, 2.75) is 32.3 Å². The monoisotopic (exact) mass is 342 g/mol. The van der Waals surface area contributed by atoms with Crippen LogP contribution in [0.3, 0.4) is 0 Å². The third-order valence-corrected chi connectivity index (χ3v) is 5.57. The fourth-order valence-electron chi connectivity index (χ4n) is 4.24. The first-order chi connectivity index (χ1) is 12.8. The number of benzene rings is 2. The van der Waals surface area contributed by atoms with Crippen LogP contribution in [0.5, 0.6) is 0 Å². The van der Waals surface area contributed by atoms with Gasteiger partial charge in [0.2, 0.25) is 0 Å². The second-order valence-corrected chi connectivity index (χ2v) is 7.22. The fraction of sp³-hybridized carbons (Fsp3) is 0.261. The maximum absolute atomic E-state index is 5.84. The molecule has 0 saturated heterocycles. The van der Waals surface area contributed by atoms with Gasteiger partial charge in [-0.05, 0) is 37.6 Å². The molecule has 0 radical (unpaired) electrons. The Hall–Kier alpha value is -2.65. The lowest BCUT2D eigenvalue weighted by atomic mass is 9.92. The number of hydrogen-bond donors (Lipinski definition) is 0. The van der Waals surface area contributed by atoms with E-state index in [1.165, 1.54) is 38.7 Å². The summed E-state index contributed by atoms with van der Waals surface area (Å²) in [7, 11) is 1.81. The highest BCUT2D eigenvalue weighted by Crippen LogP contribution is 2.39. The molecule has 130 valence electrons. The van der Waals surface area contributed by atoms with Crippen molar-refractivity contribution in [3.05, 3.63) is 71.4 Å². The van der Waals surface area contributed by atoms with Crippen molar-refractivity contribution in [3.8, 4) is 11.3 Å². The lowest BCUT2D eigenvalue weighted by Gasteiger charge is -2.20. The summed E-state index contributed by atoms with van der Waals surface area (Å²) >= 11 is 0. The summed E-state index contributed by atoms with van der Waals surface area (Å²) in [6.07, 6.45) is 3.35. The average Bonchev–Trinajstić information content (AvgIpc) is 3.08. The SMILES string of the molecule is COC1CCCc2nn3c(-c4ccc(C)cc4)cc4ccccc4c3c21. The fourth-order valence-corrected chi connectivity index (χ4v) is 4.24. The van der Waals surface area contributed by atoms with E-state index in [0.29, 0.717) is 0 Å². The number of pyridine rings is 1. The molecule has 2 aromatic heterocycles. The zero-order valence-electron chi connectivity index (χ0n) is 15.2. The Morgan fingerprint density at radius 2 is 1.88 bits per heavy atom. The average molecular weight is 342 g/mol. The van der Waals surface area contributed by atoms with Crippen molar-refractivity contribution < 1.29 is 4.74 Å². The molecule has 1 aliphatic carbocycles. The molecule has 0 fully saturated rings. The van der Waals surface area contributed by atoms with Gasteiger partial charge in [0.1, 0.15) is 0 Å². The van der Waals surface area contributed by atoms with E-state index < -0.39 is 0 Å². The van der Waals surface area contributed by atoms with Crippen LogP contribution in [0.4, 0.5) is 0 Å². The standard InChI is InChI=1S/C23H22N2O/c1-15-10-12-16(13-11-15)20-14-17-6-3-4-7-18(17)23-22-19(24-25(20)23)8-5-9-21(22)26-2/h3-4,6-7,10-14,21H,5,8-9H2,1-2H3. The van der Waals surface area contributed by atoms with Crippen molar-refractivity contribution in [2.24, 2.45) is 0 Å². The molecule has 0 amide bonds. The quantitative estimate of drug-likeness (QED) is 0.482. The molecular formula is C23H22N2O. The maximum atomic E-state index is 5.84. The topological polar surface area (TPSA) is 26.5 Å². The summed E-state index contributed by atoms with van der Waals surface area (Å²) in [4.78, 5) is 0. The van der Waals surface area contributed by atoms with Gasteiger partial charge in [-0.3, -0.25) is 0 Å². The van der Waals surface area contributed by atoms with E-state index in [1.54, 1.807) is 0 Å². The van der Waals surface area contributed by atoms with Gasteiger partial charge in [0.05, 0.1) is 23.0 Å². The minimum absolute atomic E-state index is 0.132. The molecular weight excluding hydrogens is 320 g/mol. The molecule has 0 spiro atoms. The first-order valence-electron chi connectivity index (χ1n) is 9.29. The van der Waals surface area contributed by atoms with Crippen LogP contribution in [0.2, 0.25) is 0 Å². The third-order valence-electron chi connectivity index (χ3n) is 5.57. The highest BCUT2D eigenvalue weighted by molar-refractivity contribution is 6.00. The Balaban J connectivity index is 1.91. The van der Waals surface area contributed by atoms with Gasteiger partial charge in [-0.15, -0.1) is 0 Å². The molecule has 26 heavy (non-hydrogen) atoms. The maximum Gasteiger partial charge on any atom is 0.0861 e. The predicted octanol–water partition coefficient (Wildman–Crippen LogP) is 5.49. The molecule has 1 aliphatic rings. The smallest absolute Gasteiger partial charge is 0.0861 e. The van der Waals surface area contributed by atoms with E-state index in [4.69, 9.17) is 9.84 Å². The van der Waals surface area contributed by atoms with E-state index >= 15 is 0 Å². The van der Waals surface area contributed by atoms with Crippen LogP contribution in [0, 0.1) is 6.92 Å². The van der Waals surface area contributed by atoms with E-state index in [-0.39, 0.29) is 6.10 Å². The van der Waals surface area contributed by atoms with Crippen molar-refractivity contribution >= 4 is 16.3 Å². The Bertz CT molecular complexity index is 1110. The summed E-state index contributed by atoms with van der Waals surface area (Å²) in [5, 5.41) is 7.54. The zero-order chi connectivity index (χ0) is 17.7. The molecule has 2 aromatic carbocycles. The summed E-state index contributed by atoms with van der Waals surface area (Å²) in [5.74, 6) is 0. The number of methoxy groups -OCH3 is 1. The Morgan fingerprint density at radius 3 is 2.69 bits per heavy atom. The molecule has 5 rings (SSSR count). The third kappa shape index (κ3) is 2.27. The molecule has 4 aromatic rings. The Kier molecular flexibility index (Phi) is 3.57. The van der Waals surface area contributed by atoms with Crippen LogP contribution in [0.1, 0.15) is 35.8 Å². The van der Waals surface area contributed by atoms with Gasteiger partial charge < -0.3 is 4.74 Å². The molecule has 3 nitrogen and oxygen atoms in total. The highest BCUT2D eigenvalue weighted by atomic mass is 16.5. The number of nitrogens with zero attached hydrogens (tertiary/aromatic N) is 2. The number of fused-ring (bicyclic) bond motifs is 5. The largest absolute Gasteiger partial charge is 0.377 e. The summed E-state index contributed by atoms with van der Waals surface area (Å²) in [6.45, 7) is 2.12. The number of hydrogen-bond acceptors (Lipinski definition) is 2. The van der Waals surface area contributed by atoms with Crippen LogP contribution >= 0.6 is 0 Å². The van der Waals surface area contributed by atoms with E-state index in [1.807, 2.05) is 7.11 Å². The van der Waals surface area contributed by atoms with Gasteiger partial charge >= 0.3 is 0 Å². The van der Waals surface area contributed by atoms with Crippen LogP contribution in [-0.4, -0.2) is 16.7 Å². The van der Waals surface area contributed by atoms with Crippen LogP contribution in [0.25, 0.3) is 27.5 Å². The van der Waals surface area contributed by atoms with E-state index in [2.05, 4.69) is 66.0 Å². The number of aromatic nitrogens is 2. The van der Waals surface area contributed by atoms with Crippen LogP contribution in [-0.2, 0) is 11.2 Å². The van der Waals surface area contributed by atoms with Crippen molar-refractivity contribution in [1.82, 2.24) is 9.61 Å². The second kappa shape index (κ2) is 5.96. The van der Waals surface area contributed by atoms with Gasteiger partial charge in [0.15, 0.2) is 0 Å². The van der Waals surface area contributed by atoms with Gasteiger partial charge in [-0.25, -0.2) is 4.52 Å². The first-order valence-corrected chi connectivity index (χ1v) is 9.29. The number of rotatable bonds is 2. The molecule has 1 atom stereocenters. The van der Waals surface area contributed by atoms with Crippen molar-refractivity contribution in [3.63, 3.8) is 0 Å². The summed E-state index contributed by atoms with van der Waals surface area (Å²) in [5.41, 5.74) is 7.28. The first kappa shape index (κ1) is 15.6. The van der Waals surface area contributed by atoms with E-state index in [9.17, 15) is 0 Å². The lowest BCUT2D eigenvalue weighted by Crippen LogP contribution is -2.10. The van der Waals surface area contributed by atoms with Crippen LogP contribution < -0.4 is 0 Å². The van der Waals surface area contributed by atoms with E-state index in [0.717, 1.165) is 25.0 Å².